The molecule has 0 bridgehead atoms. The van der Waals surface area contributed by atoms with Crippen molar-refractivity contribution in [1.82, 2.24) is 4.90 Å². The van der Waals surface area contributed by atoms with Crippen LogP contribution < -0.4 is 14.5 Å². The normalized spacial score (nSPS) is 15.4. The van der Waals surface area contributed by atoms with Gasteiger partial charge in [0.15, 0.2) is 6.54 Å². The summed E-state index contributed by atoms with van der Waals surface area (Å²) in [5, 5.41) is 9.43. The molecular formula is C22H30N3O3+. The molecule has 1 aliphatic heterocycles. The maximum absolute atomic E-state index is 12.7. The van der Waals surface area contributed by atoms with Crippen LogP contribution in [0.1, 0.15) is 11.1 Å². The van der Waals surface area contributed by atoms with Crippen LogP contribution >= 0.6 is 0 Å². The van der Waals surface area contributed by atoms with Gasteiger partial charge < -0.3 is 24.5 Å². The number of methoxy groups -OCH3 is 1. The summed E-state index contributed by atoms with van der Waals surface area (Å²) in [4.78, 5) is 18.1. The zero-order valence-electron chi connectivity index (χ0n) is 16.9. The van der Waals surface area contributed by atoms with Crippen LogP contribution in [0.15, 0.2) is 42.5 Å². The fraction of sp³-hybridized carbons (Fsp3) is 0.409. The molecule has 2 N–H and O–H groups in total. The molecule has 2 aromatic rings. The Bertz CT molecular complexity index is 799. The Morgan fingerprint density at radius 3 is 2.43 bits per heavy atom. The van der Waals surface area contributed by atoms with Crippen LogP contribution in [0.25, 0.3) is 0 Å². The molecular weight excluding hydrogens is 354 g/mol. The number of piperazine rings is 1. The first-order chi connectivity index (χ1) is 13.5. The van der Waals surface area contributed by atoms with Gasteiger partial charge in [-0.05, 0) is 43.3 Å². The van der Waals surface area contributed by atoms with E-state index in [1.165, 1.54) is 5.56 Å². The number of phenolic OH excluding ortho intramolecular Hbond substituents is 1. The number of quaternary nitrogens is 1. The maximum Gasteiger partial charge on any atom is 0.277 e. The van der Waals surface area contributed by atoms with Crippen LogP contribution in [0.4, 0.5) is 5.69 Å². The van der Waals surface area contributed by atoms with E-state index >= 15 is 0 Å². The van der Waals surface area contributed by atoms with Crippen LogP contribution in [-0.2, 0) is 11.3 Å². The lowest BCUT2D eigenvalue weighted by Crippen LogP contribution is -3.09. The molecule has 1 unspecified atom stereocenters. The van der Waals surface area contributed by atoms with Gasteiger partial charge in [0.05, 0.1) is 14.2 Å². The first-order valence-electron chi connectivity index (χ1n) is 9.73. The molecule has 1 atom stereocenters. The molecule has 0 aliphatic carbocycles. The van der Waals surface area contributed by atoms with Crippen molar-refractivity contribution in [2.75, 3.05) is 51.8 Å². The monoisotopic (exact) mass is 384 g/mol. The lowest BCUT2D eigenvalue weighted by atomic mass is 10.1. The Balaban J connectivity index is 1.51. The number of aryl methyl sites for hydroxylation is 1. The number of amides is 1. The summed E-state index contributed by atoms with van der Waals surface area (Å²) in [5.41, 5.74) is 3.41. The van der Waals surface area contributed by atoms with Gasteiger partial charge >= 0.3 is 0 Å². The summed E-state index contributed by atoms with van der Waals surface area (Å²) in [5.74, 6) is 1.34. The molecule has 6 heteroatoms. The number of rotatable bonds is 6. The first kappa shape index (κ1) is 20.0. The molecule has 150 valence electrons. The second-order valence-corrected chi connectivity index (χ2v) is 7.51. The van der Waals surface area contributed by atoms with Crippen LogP contribution in [0, 0.1) is 6.92 Å². The fourth-order valence-corrected chi connectivity index (χ4v) is 3.68. The first-order valence-corrected chi connectivity index (χ1v) is 9.73. The minimum atomic E-state index is 0.189. The summed E-state index contributed by atoms with van der Waals surface area (Å²) < 4.78 is 5.45. The number of hydrogen-bond donors (Lipinski definition) is 2. The smallest absolute Gasteiger partial charge is 0.277 e. The Kier molecular flexibility index (Phi) is 6.41. The number of nitrogens with zero attached hydrogens (tertiary/aromatic N) is 2. The predicted octanol–water partition coefficient (Wildman–Crippen LogP) is 1.07. The van der Waals surface area contributed by atoms with E-state index in [0.717, 1.165) is 54.6 Å². The summed E-state index contributed by atoms with van der Waals surface area (Å²) in [7, 11) is 3.73. The average molecular weight is 385 g/mol. The van der Waals surface area contributed by atoms with E-state index < -0.39 is 0 Å². The highest BCUT2D eigenvalue weighted by Crippen LogP contribution is 2.20. The lowest BCUT2D eigenvalue weighted by Gasteiger charge is -2.36. The third kappa shape index (κ3) is 4.95. The lowest BCUT2D eigenvalue weighted by molar-refractivity contribution is -0.885. The number of carbonyl (C=O) groups is 1. The van der Waals surface area contributed by atoms with Crippen molar-refractivity contribution in [2.45, 2.75) is 13.5 Å². The topological polar surface area (TPSA) is 57.5 Å². The van der Waals surface area contributed by atoms with Crippen LogP contribution in [0.3, 0.4) is 0 Å². The Labute approximate surface area is 166 Å². The molecule has 0 aromatic heterocycles. The third-order valence-corrected chi connectivity index (χ3v) is 5.23. The number of anilines is 1. The van der Waals surface area contributed by atoms with E-state index in [4.69, 9.17) is 4.74 Å². The van der Waals surface area contributed by atoms with Gasteiger partial charge in [-0.15, -0.1) is 0 Å². The Morgan fingerprint density at radius 2 is 1.79 bits per heavy atom. The number of nitrogens with one attached hydrogen (secondary N) is 1. The molecule has 28 heavy (non-hydrogen) atoms. The van der Waals surface area contributed by atoms with E-state index in [-0.39, 0.29) is 11.7 Å². The third-order valence-electron chi connectivity index (χ3n) is 5.23. The maximum atomic E-state index is 12.7. The van der Waals surface area contributed by atoms with E-state index in [1.54, 1.807) is 19.2 Å². The highest BCUT2D eigenvalue weighted by molar-refractivity contribution is 5.77. The van der Waals surface area contributed by atoms with Crippen molar-refractivity contribution in [2.24, 2.45) is 0 Å². The number of likely N-dealkylation sites (N-methyl/N-ethyl adjacent to an activating group) is 1. The van der Waals surface area contributed by atoms with Crippen molar-refractivity contribution in [3.63, 3.8) is 0 Å². The number of phenols is 1. The zero-order valence-corrected chi connectivity index (χ0v) is 16.9. The summed E-state index contributed by atoms with van der Waals surface area (Å²) in [6.07, 6.45) is 0. The highest BCUT2D eigenvalue weighted by atomic mass is 16.5. The van der Waals surface area contributed by atoms with E-state index in [9.17, 15) is 9.90 Å². The molecule has 1 fully saturated rings. The van der Waals surface area contributed by atoms with Gasteiger partial charge in [-0.3, -0.25) is 4.79 Å². The Hall–Kier alpha value is -2.73. The molecule has 0 radical (unpaired) electrons. The standard InChI is InChI=1S/C22H29N3O3/c1-17-4-9-21(28-3)18(14-17)15-23(2)16-22(27)25-12-10-24(11-13-25)19-5-7-20(26)8-6-19/h4-9,14,26H,10-13,15-16H2,1-3H3/p+1. The second-order valence-electron chi connectivity index (χ2n) is 7.51. The SMILES string of the molecule is COc1ccc(C)cc1C[NH+](C)CC(=O)N1CCN(c2ccc(O)cc2)CC1. The van der Waals surface area contributed by atoms with Crippen molar-refractivity contribution < 1.29 is 19.5 Å². The Morgan fingerprint density at radius 1 is 1.11 bits per heavy atom. The number of benzene rings is 2. The highest BCUT2D eigenvalue weighted by Gasteiger charge is 2.24. The van der Waals surface area contributed by atoms with Gasteiger partial charge in [-0.1, -0.05) is 11.6 Å². The van der Waals surface area contributed by atoms with E-state index in [0.29, 0.717) is 6.54 Å². The van der Waals surface area contributed by atoms with Crippen molar-refractivity contribution in [1.29, 1.82) is 0 Å². The average Bonchev–Trinajstić information content (AvgIpc) is 2.69. The molecule has 6 nitrogen and oxygen atoms in total. The van der Waals surface area contributed by atoms with Gasteiger partial charge in [0.1, 0.15) is 18.0 Å². The number of ether oxygens (including phenoxy) is 1. The van der Waals surface area contributed by atoms with E-state index in [2.05, 4.69) is 17.9 Å². The molecule has 1 amide bonds. The fourth-order valence-electron chi connectivity index (χ4n) is 3.68. The van der Waals surface area contributed by atoms with Crippen LogP contribution in [0.2, 0.25) is 0 Å². The largest absolute Gasteiger partial charge is 0.508 e. The molecule has 1 heterocycles. The van der Waals surface area contributed by atoms with Gasteiger partial charge in [0, 0.05) is 37.4 Å². The van der Waals surface area contributed by atoms with Crippen molar-refractivity contribution in [3.8, 4) is 11.5 Å². The van der Waals surface area contributed by atoms with Crippen molar-refractivity contribution in [3.05, 3.63) is 53.6 Å². The quantitative estimate of drug-likeness (QED) is 0.782. The molecule has 1 saturated heterocycles. The summed E-state index contributed by atoms with van der Waals surface area (Å²) >= 11 is 0. The van der Waals surface area contributed by atoms with Gasteiger partial charge in [-0.25, -0.2) is 0 Å². The molecule has 2 aromatic carbocycles. The van der Waals surface area contributed by atoms with Crippen molar-refractivity contribution >= 4 is 11.6 Å². The summed E-state index contributed by atoms with van der Waals surface area (Å²) in [6, 6.07) is 13.4. The summed E-state index contributed by atoms with van der Waals surface area (Å²) in [6.45, 7) is 6.35. The van der Waals surface area contributed by atoms with Gasteiger partial charge in [0.2, 0.25) is 0 Å². The molecule has 3 rings (SSSR count). The van der Waals surface area contributed by atoms with Gasteiger partial charge in [0.25, 0.3) is 5.91 Å². The van der Waals surface area contributed by atoms with Crippen LogP contribution in [0.5, 0.6) is 11.5 Å². The molecule has 1 aliphatic rings. The zero-order chi connectivity index (χ0) is 20.1. The number of hydrogen-bond acceptors (Lipinski definition) is 4. The predicted molar refractivity (Wildman–Crippen MR) is 110 cm³/mol. The van der Waals surface area contributed by atoms with E-state index in [1.807, 2.05) is 36.2 Å². The second kappa shape index (κ2) is 8.97. The minimum Gasteiger partial charge on any atom is -0.508 e. The number of aromatic hydroxyl groups is 1. The minimum absolute atomic E-state index is 0.189. The van der Waals surface area contributed by atoms with Gasteiger partial charge in [-0.2, -0.15) is 0 Å². The molecule has 0 spiro atoms. The van der Waals surface area contributed by atoms with Crippen LogP contribution in [-0.4, -0.2) is 62.8 Å². The molecule has 0 saturated carbocycles. The number of carbonyl (C=O) groups excluding carboxylic acids is 1.